The number of carbonyl (C=O) groups excluding carboxylic acids is 1. The Morgan fingerprint density at radius 1 is 1.39 bits per heavy atom. The normalized spacial score (nSPS) is 17.1. The molecule has 1 aromatic heterocycles. The molecule has 0 N–H and O–H groups in total. The van der Waals surface area contributed by atoms with E-state index in [2.05, 4.69) is 9.97 Å². The van der Waals surface area contributed by atoms with Crippen molar-refractivity contribution in [3.63, 3.8) is 0 Å². The highest BCUT2D eigenvalue weighted by molar-refractivity contribution is 6.31. The van der Waals surface area contributed by atoms with Gasteiger partial charge in [-0.1, -0.05) is 11.6 Å². The number of hydrogen-bond donors (Lipinski definition) is 0. The zero-order chi connectivity index (χ0) is 16.2. The second-order valence-corrected chi connectivity index (χ2v) is 5.60. The summed E-state index contributed by atoms with van der Waals surface area (Å²) in [6.45, 7) is 1.10. The van der Waals surface area contributed by atoms with E-state index >= 15 is 0 Å². The van der Waals surface area contributed by atoms with Crippen molar-refractivity contribution in [2.75, 3.05) is 20.2 Å². The van der Waals surface area contributed by atoms with E-state index in [-0.39, 0.29) is 12.0 Å². The monoisotopic (exact) mass is 333 g/mol. The van der Waals surface area contributed by atoms with Crippen molar-refractivity contribution >= 4 is 17.5 Å². The molecule has 23 heavy (non-hydrogen) atoms. The number of rotatable bonds is 4. The Morgan fingerprint density at radius 3 is 3.00 bits per heavy atom. The third-order valence-electron chi connectivity index (χ3n) is 3.65. The third-order valence-corrected chi connectivity index (χ3v) is 3.89. The molecule has 3 rings (SSSR count). The largest absolute Gasteiger partial charge is 0.496 e. The van der Waals surface area contributed by atoms with Gasteiger partial charge in [-0.3, -0.25) is 9.78 Å². The molecule has 1 fully saturated rings. The molecule has 6 nitrogen and oxygen atoms in total. The summed E-state index contributed by atoms with van der Waals surface area (Å²) < 4.78 is 11.0. The predicted molar refractivity (Wildman–Crippen MR) is 85.0 cm³/mol. The Kier molecular flexibility index (Phi) is 4.62. The van der Waals surface area contributed by atoms with E-state index in [0.29, 0.717) is 35.3 Å². The lowest BCUT2D eigenvalue weighted by Gasteiger charge is -2.18. The van der Waals surface area contributed by atoms with E-state index in [0.717, 1.165) is 6.42 Å². The smallest absolute Gasteiger partial charge is 0.257 e. The zero-order valence-electron chi connectivity index (χ0n) is 12.6. The summed E-state index contributed by atoms with van der Waals surface area (Å²) in [4.78, 5) is 22.5. The molecule has 0 aliphatic carbocycles. The fourth-order valence-electron chi connectivity index (χ4n) is 2.54. The number of nitrogens with zero attached hydrogens (tertiary/aromatic N) is 3. The van der Waals surface area contributed by atoms with Crippen molar-refractivity contribution in [2.45, 2.75) is 12.5 Å². The average molecular weight is 334 g/mol. The summed E-state index contributed by atoms with van der Waals surface area (Å²) >= 11 is 5.99. The Morgan fingerprint density at radius 2 is 2.26 bits per heavy atom. The molecule has 1 amide bonds. The molecule has 0 saturated carbocycles. The Hall–Kier alpha value is -2.34. The lowest BCUT2D eigenvalue weighted by molar-refractivity contribution is 0.0767. The van der Waals surface area contributed by atoms with Crippen LogP contribution < -0.4 is 9.47 Å². The number of carbonyl (C=O) groups is 1. The molecule has 0 radical (unpaired) electrons. The van der Waals surface area contributed by atoms with Crippen molar-refractivity contribution in [3.05, 3.63) is 47.4 Å². The fraction of sp³-hybridized carbons (Fsp3) is 0.312. The second-order valence-electron chi connectivity index (χ2n) is 5.17. The summed E-state index contributed by atoms with van der Waals surface area (Å²) in [5.74, 6) is 0.861. The Balaban J connectivity index is 1.69. The van der Waals surface area contributed by atoms with Crippen molar-refractivity contribution < 1.29 is 14.3 Å². The van der Waals surface area contributed by atoms with Crippen LogP contribution in [0.2, 0.25) is 5.02 Å². The summed E-state index contributed by atoms with van der Waals surface area (Å²) in [6.07, 6.45) is 5.36. The number of aromatic nitrogens is 2. The van der Waals surface area contributed by atoms with Gasteiger partial charge in [-0.2, -0.15) is 0 Å². The summed E-state index contributed by atoms with van der Waals surface area (Å²) in [5.41, 5.74) is 0.458. The van der Waals surface area contributed by atoms with Gasteiger partial charge in [0.25, 0.3) is 5.91 Å². The van der Waals surface area contributed by atoms with Crippen molar-refractivity contribution in [1.29, 1.82) is 0 Å². The molecular weight excluding hydrogens is 318 g/mol. The van der Waals surface area contributed by atoms with Gasteiger partial charge in [0.1, 0.15) is 11.9 Å². The number of benzene rings is 1. The van der Waals surface area contributed by atoms with Gasteiger partial charge in [0.2, 0.25) is 5.88 Å². The van der Waals surface area contributed by atoms with Crippen LogP contribution in [0.15, 0.2) is 36.8 Å². The van der Waals surface area contributed by atoms with Crippen LogP contribution in [0.1, 0.15) is 16.8 Å². The van der Waals surface area contributed by atoms with Gasteiger partial charge in [-0.05, 0) is 18.2 Å². The summed E-state index contributed by atoms with van der Waals surface area (Å²) in [6, 6.07) is 5.01. The van der Waals surface area contributed by atoms with Crippen LogP contribution in [0, 0.1) is 0 Å². The highest BCUT2D eigenvalue weighted by Crippen LogP contribution is 2.26. The number of hydrogen-bond acceptors (Lipinski definition) is 5. The molecule has 0 spiro atoms. The molecule has 1 aliphatic rings. The van der Waals surface area contributed by atoms with E-state index in [1.54, 1.807) is 41.7 Å². The van der Waals surface area contributed by atoms with Crippen LogP contribution in [0.4, 0.5) is 0 Å². The molecular formula is C16H16ClN3O3. The minimum Gasteiger partial charge on any atom is -0.496 e. The number of ether oxygens (including phenoxy) is 2. The van der Waals surface area contributed by atoms with Crippen LogP contribution >= 0.6 is 11.6 Å². The lowest BCUT2D eigenvalue weighted by Crippen LogP contribution is -2.31. The van der Waals surface area contributed by atoms with Gasteiger partial charge >= 0.3 is 0 Å². The highest BCUT2D eigenvalue weighted by Gasteiger charge is 2.30. The van der Waals surface area contributed by atoms with Crippen LogP contribution in [0.5, 0.6) is 11.6 Å². The standard InChI is InChI=1S/C16H16ClN3O3/c1-22-14-3-2-11(17)8-13(14)16(21)20-7-4-12(10-20)23-15-9-18-5-6-19-15/h2-3,5-6,8-9,12H,4,7,10H2,1H3. The van der Waals surface area contributed by atoms with E-state index in [1.165, 1.54) is 7.11 Å². The maximum Gasteiger partial charge on any atom is 0.257 e. The molecule has 7 heteroatoms. The van der Waals surface area contributed by atoms with E-state index in [9.17, 15) is 4.79 Å². The molecule has 1 atom stereocenters. The van der Waals surface area contributed by atoms with Crippen LogP contribution in [-0.2, 0) is 0 Å². The maximum absolute atomic E-state index is 12.7. The first-order valence-electron chi connectivity index (χ1n) is 7.23. The van der Waals surface area contributed by atoms with E-state index < -0.39 is 0 Å². The number of likely N-dealkylation sites (tertiary alicyclic amines) is 1. The van der Waals surface area contributed by atoms with Crippen LogP contribution in [-0.4, -0.2) is 47.1 Å². The summed E-state index contributed by atoms with van der Waals surface area (Å²) in [7, 11) is 1.53. The first kappa shape index (κ1) is 15.6. The van der Waals surface area contributed by atoms with Crippen LogP contribution in [0.25, 0.3) is 0 Å². The molecule has 1 saturated heterocycles. The first-order chi connectivity index (χ1) is 11.2. The third kappa shape index (κ3) is 3.53. The Labute approximate surface area is 139 Å². The first-order valence-corrected chi connectivity index (χ1v) is 7.60. The average Bonchev–Trinajstić information content (AvgIpc) is 3.03. The van der Waals surface area contributed by atoms with Gasteiger partial charge in [0.15, 0.2) is 0 Å². The van der Waals surface area contributed by atoms with Crippen molar-refractivity contribution in [2.24, 2.45) is 0 Å². The maximum atomic E-state index is 12.7. The Bertz CT molecular complexity index is 696. The molecule has 2 aromatic rings. The fourth-order valence-corrected chi connectivity index (χ4v) is 2.72. The van der Waals surface area contributed by atoms with E-state index in [4.69, 9.17) is 21.1 Å². The minimum absolute atomic E-state index is 0.0965. The topological polar surface area (TPSA) is 64.5 Å². The van der Waals surface area contributed by atoms with Gasteiger partial charge in [0.05, 0.1) is 25.4 Å². The van der Waals surface area contributed by atoms with Gasteiger partial charge in [-0.15, -0.1) is 0 Å². The molecule has 1 aliphatic heterocycles. The zero-order valence-corrected chi connectivity index (χ0v) is 13.4. The lowest BCUT2D eigenvalue weighted by atomic mass is 10.1. The number of halogens is 1. The number of methoxy groups -OCH3 is 1. The second kappa shape index (κ2) is 6.83. The number of amides is 1. The predicted octanol–water partition coefficient (Wildman–Crippen LogP) is 2.43. The van der Waals surface area contributed by atoms with Crippen LogP contribution in [0.3, 0.4) is 0 Å². The van der Waals surface area contributed by atoms with Gasteiger partial charge in [0, 0.05) is 30.4 Å². The minimum atomic E-state index is -0.116. The quantitative estimate of drug-likeness (QED) is 0.859. The highest BCUT2D eigenvalue weighted by atomic mass is 35.5. The molecule has 0 bridgehead atoms. The summed E-state index contributed by atoms with van der Waals surface area (Å²) in [5, 5.41) is 0.501. The van der Waals surface area contributed by atoms with Gasteiger partial charge in [-0.25, -0.2) is 4.98 Å². The molecule has 1 unspecified atom stereocenters. The van der Waals surface area contributed by atoms with Crippen molar-refractivity contribution in [1.82, 2.24) is 14.9 Å². The van der Waals surface area contributed by atoms with E-state index in [1.807, 2.05) is 0 Å². The van der Waals surface area contributed by atoms with Gasteiger partial charge < -0.3 is 14.4 Å². The molecule has 2 heterocycles. The van der Waals surface area contributed by atoms with Crippen molar-refractivity contribution in [3.8, 4) is 11.6 Å². The molecule has 1 aromatic carbocycles. The SMILES string of the molecule is COc1ccc(Cl)cc1C(=O)N1CCC(Oc2cnccn2)C1. The molecule has 120 valence electrons.